The van der Waals surface area contributed by atoms with E-state index in [1.165, 1.54) is 0 Å². The Morgan fingerprint density at radius 2 is 1.69 bits per heavy atom. The van der Waals surface area contributed by atoms with Crippen molar-refractivity contribution in [1.82, 2.24) is 20.5 Å². The molecule has 0 fully saturated rings. The number of anilines is 1. The third-order valence-corrected chi connectivity index (χ3v) is 2.68. The number of aromatic nitrogens is 3. The van der Waals surface area contributed by atoms with Crippen LogP contribution < -0.4 is 10.2 Å². The van der Waals surface area contributed by atoms with Gasteiger partial charge in [0.2, 0.25) is 5.95 Å². The molecule has 5 nitrogen and oxygen atoms in total. The van der Waals surface area contributed by atoms with E-state index >= 15 is 0 Å². The van der Waals surface area contributed by atoms with E-state index in [1.54, 1.807) is 0 Å². The van der Waals surface area contributed by atoms with Crippen molar-refractivity contribution < 1.29 is 0 Å². The van der Waals surface area contributed by atoms with Crippen molar-refractivity contribution in [3.8, 4) is 0 Å². The monoisotopic (exact) mass is 225 g/mol. The van der Waals surface area contributed by atoms with E-state index in [2.05, 4.69) is 60.0 Å². The van der Waals surface area contributed by atoms with Gasteiger partial charge in [-0.1, -0.05) is 0 Å². The highest BCUT2D eigenvalue weighted by Crippen LogP contribution is 2.16. The van der Waals surface area contributed by atoms with Crippen LogP contribution in [0.3, 0.4) is 0 Å². The van der Waals surface area contributed by atoms with Crippen molar-refractivity contribution in [2.24, 2.45) is 0 Å². The average molecular weight is 225 g/mol. The van der Waals surface area contributed by atoms with Crippen LogP contribution in [0.1, 0.15) is 46.5 Å². The largest absolute Gasteiger partial charge is 0.335 e. The van der Waals surface area contributed by atoms with Crippen LogP contribution in [0, 0.1) is 0 Å². The number of nitrogens with one attached hydrogen (secondary N) is 2. The van der Waals surface area contributed by atoms with Gasteiger partial charge in [0, 0.05) is 12.1 Å². The summed E-state index contributed by atoms with van der Waals surface area (Å²) in [6.45, 7) is 10.7. The number of hydrogen-bond acceptors (Lipinski definition) is 4. The first kappa shape index (κ1) is 13.0. The molecule has 1 aromatic heterocycles. The summed E-state index contributed by atoms with van der Waals surface area (Å²) >= 11 is 0. The maximum Gasteiger partial charge on any atom is 0.245 e. The van der Waals surface area contributed by atoms with Gasteiger partial charge in [-0.25, -0.2) is 0 Å². The molecular formula is C11H23N5. The second-order valence-electron chi connectivity index (χ2n) is 4.63. The van der Waals surface area contributed by atoms with E-state index in [9.17, 15) is 0 Å². The minimum atomic E-state index is 0.197. The third kappa shape index (κ3) is 2.72. The average Bonchev–Trinajstić information content (AvgIpc) is 2.64. The molecular weight excluding hydrogens is 202 g/mol. The maximum absolute atomic E-state index is 4.52. The smallest absolute Gasteiger partial charge is 0.245 e. The standard InChI is InChI=1S/C11H23N5/c1-7(2)16(8(3)4)11-13-10(14-15-11)9(5)12-6/h7-9,12H,1-6H3,(H,13,14,15)/t9-/m1/s1. The fourth-order valence-corrected chi connectivity index (χ4v) is 1.77. The van der Waals surface area contributed by atoms with Crippen LogP contribution in [0.4, 0.5) is 5.95 Å². The lowest BCUT2D eigenvalue weighted by molar-refractivity contribution is 0.589. The summed E-state index contributed by atoms with van der Waals surface area (Å²) in [6, 6.07) is 0.990. The van der Waals surface area contributed by atoms with Gasteiger partial charge in [-0.05, 0) is 41.7 Å². The molecule has 16 heavy (non-hydrogen) atoms. The number of H-pyrrole nitrogens is 1. The summed E-state index contributed by atoms with van der Waals surface area (Å²) in [7, 11) is 1.91. The van der Waals surface area contributed by atoms with Crippen LogP contribution in [0.5, 0.6) is 0 Å². The molecule has 0 radical (unpaired) electrons. The molecule has 0 saturated carbocycles. The van der Waals surface area contributed by atoms with Gasteiger partial charge in [-0.15, -0.1) is 5.10 Å². The molecule has 92 valence electrons. The predicted octanol–water partition coefficient (Wildman–Crippen LogP) is 1.71. The van der Waals surface area contributed by atoms with Crippen LogP contribution in [0.25, 0.3) is 0 Å². The topological polar surface area (TPSA) is 56.8 Å². The van der Waals surface area contributed by atoms with Crippen LogP contribution in [0.15, 0.2) is 0 Å². The quantitative estimate of drug-likeness (QED) is 0.801. The molecule has 0 unspecified atom stereocenters. The van der Waals surface area contributed by atoms with Gasteiger partial charge in [0.1, 0.15) is 5.82 Å². The van der Waals surface area contributed by atoms with Gasteiger partial charge in [-0.3, -0.25) is 5.10 Å². The van der Waals surface area contributed by atoms with Crippen molar-refractivity contribution in [3.63, 3.8) is 0 Å². The molecule has 0 aromatic carbocycles. The highest BCUT2D eigenvalue weighted by Gasteiger charge is 2.19. The van der Waals surface area contributed by atoms with E-state index < -0.39 is 0 Å². The van der Waals surface area contributed by atoms with E-state index in [-0.39, 0.29) is 6.04 Å². The zero-order valence-corrected chi connectivity index (χ0v) is 11.1. The van der Waals surface area contributed by atoms with Gasteiger partial charge in [0.25, 0.3) is 0 Å². The summed E-state index contributed by atoms with van der Waals surface area (Å²) in [5.41, 5.74) is 0. The lowest BCUT2D eigenvalue weighted by atomic mass is 10.2. The molecule has 1 heterocycles. The summed E-state index contributed by atoms with van der Waals surface area (Å²) in [4.78, 5) is 6.72. The van der Waals surface area contributed by atoms with Crippen LogP contribution in [0.2, 0.25) is 0 Å². The molecule has 1 rings (SSSR count). The molecule has 0 amide bonds. The van der Waals surface area contributed by atoms with Crippen molar-refractivity contribution in [3.05, 3.63) is 5.82 Å². The number of rotatable bonds is 5. The molecule has 0 aliphatic heterocycles. The zero-order chi connectivity index (χ0) is 12.3. The van der Waals surface area contributed by atoms with Crippen LogP contribution in [-0.2, 0) is 0 Å². The molecule has 1 aromatic rings. The number of nitrogens with zero attached hydrogens (tertiary/aromatic N) is 3. The van der Waals surface area contributed by atoms with Gasteiger partial charge >= 0.3 is 0 Å². The van der Waals surface area contributed by atoms with Crippen molar-refractivity contribution in [2.45, 2.75) is 52.7 Å². The predicted molar refractivity (Wildman–Crippen MR) is 66.6 cm³/mol. The van der Waals surface area contributed by atoms with E-state index in [0.717, 1.165) is 11.8 Å². The highest BCUT2D eigenvalue weighted by atomic mass is 15.4. The minimum Gasteiger partial charge on any atom is -0.335 e. The molecule has 5 heteroatoms. The van der Waals surface area contributed by atoms with Gasteiger partial charge in [-0.2, -0.15) is 4.98 Å². The van der Waals surface area contributed by atoms with E-state index in [4.69, 9.17) is 0 Å². The normalized spacial score (nSPS) is 13.5. The van der Waals surface area contributed by atoms with Gasteiger partial charge in [0.05, 0.1) is 6.04 Å². The van der Waals surface area contributed by atoms with E-state index in [1.807, 2.05) is 7.05 Å². The Hall–Kier alpha value is -1.10. The molecule has 0 saturated heterocycles. The second kappa shape index (κ2) is 5.30. The summed E-state index contributed by atoms with van der Waals surface area (Å²) in [5.74, 6) is 1.66. The maximum atomic E-state index is 4.52. The molecule has 0 bridgehead atoms. The summed E-state index contributed by atoms with van der Waals surface area (Å²) < 4.78 is 0. The Balaban J connectivity index is 2.90. The minimum absolute atomic E-state index is 0.197. The lowest BCUT2D eigenvalue weighted by Crippen LogP contribution is -2.37. The van der Waals surface area contributed by atoms with Crippen molar-refractivity contribution in [1.29, 1.82) is 0 Å². The SMILES string of the molecule is CN[C@H](C)c1nc(N(C(C)C)C(C)C)n[nH]1. The fourth-order valence-electron chi connectivity index (χ4n) is 1.77. The highest BCUT2D eigenvalue weighted by molar-refractivity contribution is 5.31. The number of aromatic amines is 1. The lowest BCUT2D eigenvalue weighted by Gasteiger charge is -2.29. The molecule has 2 N–H and O–H groups in total. The van der Waals surface area contributed by atoms with Crippen LogP contribution in [-0.4, -0.2) is 34.3 Å². The molecule has 0 spiro atoms. The first-order valence-electron chi connectivity index (χ1n) is 5.85. The first-order chi connectivity index (χ1) is 7.47. The fraction of sp³-hybridized carbons (Fsp3) is 0.818. The Morgan fingerprint density at radius 1 is 1.12 bits per heavy atom. The Bertz CT molecular complexity index is 310. The van der Waals surface area contributed by atoms with Crippen molar-refractivity contribution >= 4 is 5.95 Å². The number of hydrogen-bond donors (Lipinski definition) is 2. The second-order valence-corrected chi connectivity index (χ2v) is 4.63. The summed E-state index contributed by atoms with van der Waals surface area (Å²) in [6.07, 6.45) is 0. The van der Waals surface area contributed by atoms with Gasteiger partial charge < -0.3 is 10.2 Å². The zero-order valence-electron chi connectivity index (χ0n) is 11.1. The molecule has 0 aliphatic carbocycles. The Morgan fingerprint density at radius 3 is 2.12 bits per heavy atom. The van der Waals surface area contributed by atoms with E-state index in [0.29, 0.717) is 12.1 Å². The summed E-state index contributed by atoms with van der Waals surface area (Å²) in [5, 5.41) is 10.4. The van der Waals surface area contributed by atoms with Crippen LogP contribution >= 0.6 is 0 Å². The Kier molecular flexibility index (Phi) is 4.29. The molecule has 0 aliphatic rings. The van der Waals surface area contributed by atoms with Gasteiger partial charge in [0.15, 0.2) is 0 Å². The third-order valence-electron chi connectivity index (χ3n) is 2.68. The Labute approximate surface area is 97.6 Å². The molecule has 1 atom stereocenters. The van der Waals surface area contributed by atoms with Crippen molar-refractivity contribution in [2.75, 3.05) is 11.9 Å². The first-order valence-corrected chi connectivity index (χ1v) is 5.85.